The lowest BCUT2D eigenvalue weighted by Crippen LogP contribution is -2.34. The first-order chi connectivity index (χ1) is 14.5. The van der Waals surface area contributed by atoms with Crippen LogP contribution in [0.15, 0.2) is 54.7 Å². The van der Waals surface area contributed by atoms with Gasteiger partial charge >= 0.3 is 0 Å². The number of carbonyl (C=O) groups is 1. The van der Waals surface area contributed by atoms with Gasteiger partial charge in [-0.2, -0.15) is 0 Å². The lowest BCUT2D eigenvalue weighted by molar-refractivity contribution is 0.100. The molecular weight excluding hydrogens is 398 g/mol. The van der Waals surface area contributed by atoms with Crippen molar-refractivity contribution in [2.24, 2.45) is 5.73 Å². The summed E-state index contributed by atoms with van der Waals surface area (Å²) < 4.78 is 0. The van der Waals surface area contributed by atoms with Crippen molar-refractivity contribution < 1.29 is 4.79 Å². The second-order valence-electron chi connectivity index (χ2n) is 7.67. The van der Waals surface area contributed by atoms with Crippen LogP contribution >= 0.6 is 11.6 Å². The standard InChI is InChI=1S/C23H24ClN5O/c24-19-8-6-15(7-9-19)13-29-10-2-5-18(14-29)21-20(12-27-23(26)28-21)16-3-1-4-17(11-16)22(25)30/h1,3-4,6-9,11-12,18H,2,5,10,13-14H2,(H2,25,30)(H2,26,27,28)/t18-/m0/s1. The highest BCUT2D eigenvalue weighted by atomic mass is 35.5. The Morgan fingerprint density at radius 1 is 1.20 bits per heavy atom. The fraction of sp³-hybridized carbons (Fsp3) is 0.261. The monoisotopic (exact) mass is 421 g/mol. The van der Waals surface area contributed by atoms with Crippen molar-refractivity contribution in [1.82, 2.24) is 14.9 Å². The summed E-state index contributed by atoms with van der Waals surface area (Å²) in [5.41, 5.74) is 15.8. The van der Waals surface area contributed by atoms with Gasteiger partial charge in [-0.3, -0.25) is 9.69 Å². The van der Waals surface area contributed by atoms with Crippen LogP contribution in [-0.2, 0) is 6.54 Å². The second-order valence-corrected chi connectivity index (χ2v) is 8.11. The molecule has 1 aliphatic heterocycles. The SMILES string of the molecule is NC(=O)c1cccc(-c2cnc(N)nc2[C@H]2CCCN(Cc3ccc(Cl)cc3)C2)c1. The highest BCUT2D eigenvalue weighted by molar-refractivity contribution is 6.30. The number of primary amides is 1. The molecule has 0 spiro atoms. The molecule has 1 amide bonds. The Balaban J connectivity index is 1.61. The maximum absolute atomic E-state index is 11.6. The zero-order chi connectivity index (χ0) is 21.1. The molecule has 4 rings (SSSR count). The molecule has 3 aromatic rings. The Morgan fingerprint density at radius 3 is 2.77 bits per heavy atom. The van der Waals surface area contributed by atoms with Gasteiger partial charge in [-0.1, -0.05) is 35.9 Å². The van der Waals surface area contributed by atoms with Gasteiger partial charge in [-0.25, -0.2) is 9.97 Å². The topological polar surface area (TPSA) is 98.1 Å². The Bertz CT molecular complexity index is 1050. The summed E-state index contributed by atoms with van der Waals surface area (Å²) in [5, 5.41) is 0.745. The number of rotatable bonds is 5. The number of halogens is 1. The van der Waals surface area contributed by atoms with Gasteiger partial charge in [0.2, 0.25) is 11.9 Å². The summed E-state index contributed by atoms with van der Waals surface area (Å²) in [4.78, 5) is 22.9. The number of piperidine rings is 1. The van der Waals surface area contributed by atoms with E-state index in [-0.39, 0.29) is 11.9 Å². The third kappa shape index (κ3) is 4.61. The number of aromatic nitrogens is 2. The van der Waals surface area contributed by atoms with E-state index in [1.165, 1.54) is 5.56 Å². The van der Waals surface area contributed by atoms with E-state index >= 15 is 0 Å². The van der Waals surface area contributed by atoms with Gasteiger partial charge in [0.25, 0.3) is 0 Å². The molecule has 1 aliphatic rings. The first kappa shape index (κ1) is 20.3. The minimum absolute atomic E-state index is 0.226. The zero-order valence-electron chi connectivity index (χ0n) is 16.6. The van der Waals surface area contributed by atoms with Crippen LogP contribution in [0, 0.1) is 0 Å². The maximum Gasteiger partial charge on any atom is 0.248 e. The molecule has 1 atom stereocenters. The molecule has 6 nitrogen and oxygen atoms in total. The van der Waals surface area contributed by atoms with Crippen molar-refractivity contribution in [3.05, 3.63) is 76.6 Å². The number of carbonyl (C=O) groups excluding carboxylic acids is 1. The number of nitrogens with two attached hydrogens (primary N) is 2. The molecule has 1 aromatic heterocycles. The number of nitrogens with zero attached hydrogens (tertiary/aromatic N) is 3. The number of amides is 1. The fourth-order valence-electron chi connectivity index (χ4n) is 4.05. The van der Waals surface area contributed by atoms with Crippen molar-refractivity contribution in [2.45, 2.75) is 25.3 Å². The minimum Gasteiger partial charge on any atom is -0.368 e. The van der Waals surface area contributed by atoms with Crippen LogP contribution in [0.3, 0.4) is 0 Å². The summed E-state index contributed by atoms with van der Waals surface area (Å²) in [6, 6.07) is 15.2. The molecule has 0 radical (unpaired) electrons. The van der Waals surface area contributed by atoms with Crippen molar-refractivity contribution in [1.29, 1.82) is 0 Å². The number of likely N-dealkylation sites (tertiary alicyclic amines) is 1. The van der Waals surface area contributed by atoms with Gasteiger partial charge in [-0.15, -0.1) is 0 Å². The molecule has 2 heterocycles. The third-order valence-electron chi connectivity index (χ3n) is 5.51. The molecule has 0 unspecified atom stereocenters. The molecule has 7 heteroatoms. The van der Waals surface area contributed by atoms with Crippen molar-refractivity contribution >= 4 is 23.5 Å². The molecule has 2 aromatic carbocycles. The largest absolute Gasteiger partial charge is 0.368 e. The predicted octanol–water partition coefficient (Wildman–Crippen LogP) is 3.86. The lowest BCUT2D eigenvalue weighted by atomic mass is 9.89. The van der Waals surface area contributed by atoms with E-state index in [0.29, 0.717) is 5.56 Å². The summed E-state index contributed by atoms with van der Waals surface area (Å²) in [6.07, 6.45) is 3.84. The Hall–Kier alpha value is -2.96. The van der Waals surface area contributed by atoms with Crippen LogP contribution in [-0.4, -0.2) is 33.9 Å². The maximum atomic E-state index is 11.6. The predicted molar refractivity (Wildman–Crippen MR) is 119 cm³/mol. The second kappa shape index (κ2) is 8.81. The molecular formula is C23H24ClN5O. The molecule has 154 valence electrons. The van der Waals surface area contributed by atoms with Crippen LogP contribution in [0.2, 0.25) is 5.02 Å². The average Bonchev–Trinajstić information content (AvgIpc) is 2.75. The summed E-state index contributed by atoms with van der Waals surface area (Å²) >= 11 is 6.01. The number of hydrogen-bond donors (Lipinski definition) is 2. The van der Waals surface area contributed by atoms with E-state index in [4.69, 9.17) is 23.1 Å². The van der Waals surface area contributed by atoms with Gasteiger partial charge in [0.15, 0.2) is 0 Å². The molecule has 30 heavy (non-hydrogen) atoms. The smallest absolute Gasteiger partial charge is 0.248 e. The summed E-state index contributed by atoms with van der Waals surface area (Å²) in [5.74, 6) is 0.0276. The fourth-order valence-corrected chi connectivity index (χ4v) is 4.18. The van der Waals surface area contributed by atoms with E-state index in [1.54, 1.807) is 18.3 Å². The van der Waals surface area contributed by atoms with Crippen LogP contribution in [0.1, 0.15) is 40.4 Å². The molecule has 1 fully saturated rings. The Morgan fingerprint density at radius 2 is 2.00 bits per heavy atom. The average molecular weight is 422 g/mol. The number of benzene rings is 2. The van der Waals surface area contributed by atoms with E-state index in [9.17, 15) is 4.79 Å². The normalized spacial score (nSPS) is 17.0. The quantitative estimate of drug-likeness (QED) is 0.651. The summed E-state index contributed by atoms with van der Waals surface area (Å²) in [6.45, 7) is 2.77. The molecule has 0 saturated carbocycles. The molecule has 0 aliphatic carbocycles. The van der Waals surface area contributed by atoms with Gasteiger partial charge in [-0.05, 0) is 54.8 Å². The number of hydrogen-bond acceptors (Lipinski definition) is 5. The Labute approximate surface area is 180 Å². The lowest BCUT2D eigenvalue weighted by Gasteiger charge is -2.33. The van der Waals surface area contributed by atoms with Gasteiger partial charge in [0, 0.05) is 41.4 Å². The zero-order valence-corrected chi connectivity index (χ0v) is 17.3. The number of anilines is 1. The van der Waals surface area contributed by atoms with Crippen LogP contribution < -0.4 is 11.5 Å². The summed E-state index contributed by atoms with van der Waals surface area (Å²) in [7, 11) is 0. The van der Waals surface area contributed by atoms with Crippen LogP contribution in [0.5, 0.6) is 0 Å². The highest BCUT2D eigenvalue weighted by Gasteiger charge is 2.26. The van der Waals surface area contributed by atoms with E-state index < -0.39 is 5.91 Å². The number of nitrogen functional groups attached to an aromatic ring is 1. The van der Waals surface area contributed by atoms with E-state index in [1.807, 2.05) is 24.3 Å². The molecule has 1 saturated heterocycles. The minimum atomic E-state index is -0.457. The highest BCUT2D eigenvalue weighted by Crippen LogP contribution is 2.34. The van der Waals surface area contributed by atoms with Crippen molar-refractivity contribution in [3.63, 3.8) is 0 Å². The van der Waals surface area contributed by atoms with Crippen LogP contribution in [0.4, 0.5) is 5.95 Å². The molecule has 4 N–H and O–H groups in total. The van der Waals surface area contributed by atoms with E-state index in [0.717, 1.165) is 54.3 Å². The van der Waals surface area contributed by atoms with Gasteiger partial charge in [0.05, 0.1) is 5.69 Å². The molecule has 0 bridgehead atoms. The van der Waals surface area contributed by atoms with Crippen molar-refractivity contribution in [2.75, 3.05) is 18.8 Å². The first-order valence-electron chi connectivity index (χ1n) is 9.99. The van der Waals surface area contributed by atoms with Crippen LogP contribution in [0.25, 0.3) is 11.1 Å². The third-order valence-corrected chi connectivity index (χ3v) is 5.76. The Kier molecular flexibility index (Phi) is 5.97. The first-order valence-corrected chi connectivity index (χ1v) is 10.4. The van der Waals surface area contributed by atoms with E-state index in [2.05, 4.69) is 27.0 Å². The van der Waals surface area contributed by atoms with Gasteiger partial charge in [0.1, 0.15) is 0 Å². The van der Waals surface area contributed by atoms with Gasteiger partial charge < -0.3 is 11.5 Å². The van der Waals surface area contributed by atoms with Crippen molar-refractivity contribution in [3.8, 4) is 11.1 Å².